The van der Waals surface area contributed by atoms with Gasteiger partial charge in [0.15, 0.2) is 0 Å². The molecule has 1 aromatic carbocycles. The second-order valence-electron chi connectivity index (χ2n) is 4.47. The number of aliphatic hydroxyl groups is 1. The molecule has 4 N–H and O–H groups in total. The van der Waals surface area contributed by atoms with Crippen LogP contribution in [0.25, 0.3) is 0 Å². The monoisotopic (exact) mass is 329 g/mol. The number of rotatable bonds is 5. The second kappa shape index (κ2) is 6.30. The highest BCUT2D eigenvalue weighted by atomic mass is 35.5. The summed E-state index contributed by atoms with van der Waals surface area (Å²) in [6.07, 6.45) is 2.78. The number of hydrogen-bond donors (Lipinski definition) is 3. The molecule has 1 heterocycles. The Morgan fingerprint density at radius 3 is 2.81 bits per heavy atom. The van der Waals surface area contributed by atoms with Crippen LogP contribution in [0.3, 0.4) is 0 Å². The zero-order valence-corrected chi connectivity index (χ0v) is 12.3. The third-order valence-electron chi connectivity index (χ3n) is 2.88. The molecule has 2 rings (SSSR count). The van der Waals surface area contributed by atoms with Crippen molar-refractivity contribution in [2.45, 2.75) is 12.1 Å². The van der Waals surface area contributed by atoms with Crippen LogP contribution in [0.15, 0.2) is 30.9 Å². The van der Waals surface area contributed by atoms with Gasteiger partial charge in [0.25, 0.3) is 0 Å². The van der Waals surface area contributed by atoms with Crippen molar-refractivity contribution in [3.63, 3.8) is 0 Å². The number of carbonyl (C=O) groups is 1. The summed E-state index contributed by atoms with van der Waals surface area (Å²) >= 11 is 12.0. The largest absolute Gasteiger partial charge is 0.381 e. The average Bonchev–Trinajstić information content (AvgIpc) is 2.89. The molecule has 0 aliphatic rings. The molecule has 0 fully saturated rings. The SMILES string of the molecule is NC(=O)NCC(O)(Cn1cncn1)c1ccc(Cl)cc1Cl. The molecule has 21 heavy (non-hydrogen) atoms. The van der Waals surface area contributed by atoms with Gasteiger partial charge in [-0.05, 0) is 12.1 Å². The van der Waals surface area contributed by atoms with Crippen LogP contribution in [0.1, 0.15) is 5.56 Å². The van der Waals surface area contributed by atoms with Crippen LogP contribution in [0, 0.1) is 0 Å². The maximum Gasteiger partial charge on any atom is 0.312 e. The van der Waals surface area contributed by atoms with Crippen molar-refractivity contribution in [2.24, 2.45) is 5.73 Å². The summed E-state index contributed by atoms with van der Waals surface area (Å²) in [6, 6.07) is 3.94. The van der Waals surface area contributed by atoms with Gasteiger partial charge >= 0.3 is 6.03 Å². The Kier molecular flexibility index (Phi) is 4.66. The van der Waals surface area contributed by atoms with E-state index in [0.29, 0.717) is 10.6 Å². The molecule has 1 aromatic heterocycles. The summed E-state index contributed by atoms with van der Waals surface area (Å²) in [5.74, 6) is 0. The summed E-state index contributed by atoms with van der Waals surface area (Å²) in [7, 11) is 0. The van der Waals surface area contributed by atoms with Crippen molar-refractivity contribution in [3.8, 4) is 0 Å². The van der Waals surface area contributed by atoms with Crippen LogP contribution in [0.4, 0.5) is 4.79 Å². The zero-order valence-electron chi connectivity index (χ0n) is 10.8. The number of halogens is 2. The minimum absolute atomic E-state index is 0.0363. The lowest BCUT2D eigenvalue weighted by Gasteiger charge is -2.29. The van der Waals surface area contributed by atoms with Crippen molar-refractivity contribution >= 4 is 29.2 Å². The standard InChI is InChI=1S/C12H13Cl2N5O2/c13-8-1-2-9(10(14)3-8)12(21,4-17-11(15)20)5-19-7-16-6-18-19/h1-3,6-7,21H,4-5H2,(H3,15,17,20). The van der Waals surface area contributed by atoms with Crippen LogP contribution in [0.5, 0.6) is 0 Å². The highest BCUT2D eigenvalue weighted by Gasteiger charge is 2.33. The summed E-state index contributed by atoms with van der Waals surface area (Å²) in [5.41, 5.74) is 3.95. The van der Waals surface area contributed by atoms with Crippen molar-refractivity contribution in [1.29, 1.82) is 0 Å². The molecular formula is C12H13Cl2N5O2. The van der Waals surface area contributed by atoms with E-state index in [1.54, 1.807) is 12.1 Å². The summed E-state index contributed by atoms with van der Waals surface area (Å²) in [4.78, 5) is 14.7. The maximum absolute atomic E-state index is 10.9. The van der Waals surface area contributed by atoms with Gasteiger partial charge in [0.2, 0.25) is 0 Å². The lowest BCUT2D eigenvalue weighted by Crippen LogP contribution is -2.45. The number of nitrogens with zero attached hydrogens (tertiary/aromatic N) is 3. The van der Waals surface area contributed by atoms with E-state index in [1.165, 1.54) is 23.4 Å². The van der Waals surface area contributed by atoms with E-state index in [0.717, 1.165) is 0 Å². The Morgan fingerprint density at radius 2 is 2.24 bits per heavy atom. The van der Waals surface area contributed by atoms with E-state index in [2.05, 4.69) is 15.4 Å². The first kappa shape index (κ1) is 15.6. The third-order valence-corrected chi connectivity index (χ3v) is 3.43. The molecule has 9 heteroatoms. The Labute approximate surface area is 130 Å². The van der Waals surface area contributed by atoms with Crippen molar-refractivity contribution in [3.05, 3.63) is 46.5 Å². The predicted molar refractivity (Wildman–Crippen MR) is 78.0 cm³/mol. The first-order valence-corrected chi connectivity index (χ1v) is 6.70. The Morgan fingerprint density at radius 1 is 1.48 bits per heavy atom. The molecule has 0 aliphatic carbocycles. The first-order valence-electron chi connectivity index (χ1n) is 5.94. The van der Waals surface area contributed by atoms with Gasteiger partial charge < -0.3 is 16.2 Å². The summed E-state index contributed by atoms with van der Waals surface area (Å²) < 4.78 is 1.42. The highest BCUT2D eigenvalue weighted by molar-refractivity contribution is 6.35. The number of urea groups is 1. The lowest BCUT2D eigenvalue weighted by molar-refractivity contribution is 0.0181. The van der Waals surface area contributed by atoms with E-state index in [-0.39, 0.29) is 18.1 Å². The minimum atomic E-state index is -1.51. The van der Waals surface area contributed by atoms with Crippen LogP contribution in [-0.4, -0.2) is 32.4 Å². The van der Waals surface area contributed by atoms with Gasteiger partial charge in [0.05, 0.1) is 13.1 Å². The van der Waals surface area contributed by atoms with Crippen LogP contribution in [0.2, 0.25) is 10.0 Å². The third kappa shape index (κ3) is 3.84. The molecule has 7 nitrogen and oxygen atoms in total. The van der Waals surface area contributed by atoms with E-state index < -0.39 is 11.6 Å². The lowest BCUT2D eigenvalue weighted by atomic mass is 9.93. The Hall–Kier alpha value is -1.83. The highest BCUT2D eigenvalue weighted by Crippen LogP contribution is 2.31. The van der Waals surface area contributed by atoms with E-state index >= 15 is 0 Å². The van der Waals surface area contributed by atoms with Gasteiger partial charge in [-0.2, -0.15) is 5.10 Å². The molecule has 0 saturated heterocycles. The van der Waals surface area contributed by atoms with Crippen molar-refractivity contribution in [2.75, 3.05) is 6.54 Å². The fraction of sp³-hybridized carbons (Fsp3) is 0.250. The normalized spacial score (nSPS) is 13.7. The van der Waals surface area contributed by atoms with E-state index in [9.17, 15) is 9.90 Å². The van der Waals surface area contributed by atoms with Crippen LogP contribution < -0.4 is 11.1 Å². The smallest absolute Gasteiger partial charge is 0.312 e. The summed E-state index contributed by atoms with van der Waals surface area (Å²) in [5, 5.41) is 17.9. The molecule has 112 valence electrons. The molecule has 0 bridgehead atoms. The fourth-order valence-electron chi connectivity index (χ4n) is 1.92. The van der Waals surface area contributed by atoms with Gasteiger partial charge in [-0.1, -0.05) is 29.3 Å². The number of hydrogen-bond acceptors (Lipinski definition) is 4. The topological polar surface area (TPSA) is 106 Å². The second-order valence-corrected chi connectivity index (χ2v) is 5.31. The number of nitrogens with two attached hydrogens (primary N) is 1. The van der Waals surface area contributed by atoms with Crippen molar-refractivity contribution in [1.82, 2.24) is 20.1 Å². The molecular weight excluding hydrogens is 317 g/mol. The number of amides is 2. The zero-order chi connectivity index (χ0) is 15.5. The molecule has 0 saturated carbocycles. The number of carbonyl (C=O) groups excluding carboxylic acids is 1. The van der Waals surface area contributed by atoms with E-state index in [1.807, 2.05) is 0 Å². The van der Waals surface area contributed by atoms with Gasteiger partial charge in [0, 0.05) is 15.6 Å². The molecule has 1 unspecified atom stereocenters. The molecule has 0 spiro atoms. The van der Waals surface area contributed by atoms with Gasteiger partial charge in [-0.3, -0.25) is 0 Å². The molecule has 1 atom stereocenters. The predicted octanol–water partition coefficient (Wildman–Crippen LogP) is 1.14. The molecule has 2 aromatic rings. The van der Waals surface area contributed by atoms with Crippen LogP contribution >= 0.6 is 23.2 Å². The number of benzene rings is 1. The molecule has 0 aliphatic heterocycles. The first-order chi connectivity index (χ1) is 9.90. The van der Waals surface area contributed by atoms with Crippen molar-refractivity contribution < 1.29 is 9.90 Å². The Bertz CT molecular complexity index is 635. The van der Waals surface area contributed by atoms with Gasteiger partial charge in [-0.25, -0.2) is 14.5 Å². The minimum Gasteiger partial charge on any atom is -0.381 e. The molecule has 2 amide bonds. The summed E-state index contributed by atoms with van der Waals surface area (Å²) in [6.45, 7) is -0.0990. The number of nitrogens with one attached hydrogen (secondary N) is 1. The number of aromatic nitrogens is 3. The Balaban J connectivity index is 2.36. The average molecular weight is 330 g/mol. The maximum atomic E-state index is 10.9. The van der Waals surface area contributed by atoms with Gasteiger partial charge in [0.1, 0.15) is 18.3 Å². The quantitative estimate of drug-likeness (QED) is 0.764. The van der Waals surface area contributed by atoms with Crippen LogP contribution in [-0.2, 0) is 12.1 Å². The fourth-order valence-corrected chi connectivity index (χ4v) is 2.50. The van der Waals surface area contributed by atoms with Gasteiger partial charge in [-0.15, -0.1) is 0 Å². The van der Waals surface area contributed by atoms with E-state index in [4.69, 9.17) is 28.9 Å². The molecule has 0 radical (unpaired) electrons. The number of primary amides is 1.